The van der Waals surface area contributed by atoms with Gasteiger partial charge in [-0.25, -0.2) is 18.4 Å². The Morgan fingerprint density at radius 2 is 1.96 bits per heavy atom. The van der Waals surface area contributed by atoms with Crippen molar-refractivity contribution in [3.8, 4) is 0 Å². The predicted molar refractivity (Wildman–Crippen MR) is 82.5 cm³/mol. The van der Waals surface area contributed by atoms with E-state index >= 15 is 0 Å². The summed E-state index contributed by atoms with van der Waals surface area (Å²) in [4.78, 5) is 24.8. The minimum absolute atomic E-state index is 0.163. The molecule has 1 aromatic rings. The van der Waals surface area contributed by atoms with Gasteiger partial charge >= 0.3 is 12.1 Å². The molecule has 132 valence electrons. The Bertz CT molecular complexity index is 642. The first kappa shape index (κ1) is 18.2. The zero-order valence-corrected chi connectivity index (χ0v) is 13.9. The van der Waals surface area contributed by atoms with E-state index < -0.39 is 35.3 Å². The van der Waals surface area contributed by atoms with Gasteiger partial charge in [-0.15, -0.1) is 0 Å². The van der Waals surface area contributed by atoms with Gasteiger partial charge in [0.1, 0.15) is 11.6 Å². The Kier molecular flexibility index (Phi) is 5.11. The lowest BCUT2D eigenvalue weighted by Gasteiger charge is -2.26. The maximum absolute atomic E-state index is 13.3. The van der Waals surface area contributed by atoms with Crippen LogP contribution in [0.15, 0.2) is 18.2 Å². The summed E-state index contributed by atoms with van der Waals surface area (Å²) in [5.41, 5.74) is -0.160. The second-order valence-corrected chi connectivity index (χ2v) is 7.04. The van der Waals surface area contributed by atoms with Gasteiger partial charge in [0.15, 0.2) is 11.6 Å². The molecular formula is C17H21F2NO4. The molecule has 7 heteroatoms. The van der Waals surface area contributed by atoms with Gasteiger partial charge < -0.3 is 9.84 Å². The molecule has 0 radical (unpaired) electrons. The zero-order chi connectivity index (χ0) is 18.1. The quantitative estimate of drug-likeness (QED) is 0.917. The van der Waals surface area contributed by atoms with Crippen molar-refractivity contribution < 1.29 is 28.2 Å². The topological polar surface area (TPSA) is 66.8 Å². The standard InChI is InChI=1S/C17H21F2NO4/c1-17(2,3)24-16(23)20-9-11(8-14(20)15(21)22)6-10-4-5-12(18)13(19)7-10/h4-5,7,11,14H,6,8-9H2,1-3H3,(H,21,22)/t11-,14+/m0/s1. The van der Waals surface area contributed by atoms with E-state index in [-0.39, 0.29) is 18.9 Å². The van der Waals surface area contributed by atoms with Gasteiger partial charge in [0.05, 0.1) is 0 Å². The highest BCUT2D eigenvalue weighted by molar-refractivity contribution is 5.81. The number of carboxylic acids is 1. The van der Waals surface area contributed by atoms with Crippen LogP contribution in [0.4, 0.5) is 13.6 Å². The van der Waals surface area contributed by atoms with Gasteiger partial charge in [0.2, 0.25) is 0 Å². The van der Waals surface area contributed by atoms with E-state index in [1.807, 2.05) is 0 Å². The van der Waals surface area contributed by atoms with Crippen molar-refractivity contribution in [3.05, 3.63) is 35.4 Å². The average Bonchev–Trinajstić information content (AvgIpc) is 2.85. The first-order valence-corrected chi connectivity index (χ1v) is 7.73. The van der Waals surface area contributed by atoms with Crippen molar-refractivity contribution in [2.24, 2.45) is 5.92 Å². The summed E-state index contributed by atoms with van der Waals surface area (Å²) in [6, 6.07) is 2.63. The van der Waals surface area contributed by atoms with Crippen molar-refractivity contribution in [2.75, 3.05) is 6.54 Å². The lowest BCUT2D eigenvalue weighted by molar-refractivity contribution is -0.142. The number of aliphatic carboxylic acids is 1. The molecule has 1 saturated heterocycles. The second kappa shape index (κ2) is 6.75. The van der Waals surface area contributed by atoms with Crippen LogP contribution in [0.25, 0.3) is 0 Å². The number of rotatable bonds is 3. The van der Waals surface area contributed by atoms with Crippen LogP contribution in [0.2, 0.25) is 0 Å². The molecule has 1 aromatic carbocycles. The summed E-state index contributed by atoms with van der Waals surface area (Å²) < 4.78 is 31.5. The molecule has 1 N–H and O–H groups in total. The summed E-state index contributed by atoms with van der Waals surface area (Å²) in [5.74, 6) is -3.13. The van der Waals surface area contributed by atoms with Crippen LogP contribution in [-0.2, 0) is 16.0 Å². The SMILES string of the molecule is CC(C)(C)OC(=O)N1C[C@@H](Cc2ccc(F)c(F)c2)C[C@@H]1C(=O)O. The number of carbonyl (C=O) groups is 2. The zero-order valence-electron chi connectivity index (χ0n) is 13.9. The van der Waals surface area contributed by atoms with E-state index in [2.05, 4.69) is 0 Å². The molecule has 2 rings (SSSR count). The summed E-state index contributed by atoms with van der Waals surface area (Å²) in [5, 5.41) is 9.34. The largest absolute Gasteiger partial charge is 0.480 e. The Morgan fingerprint density at radius 3 is 2.50 bits per heavy atom. The molecule has 1 amide bonds. The fraction of sp³-hybridized carbons (Fsp3) is 0.529. The first-order valence-electron chi connectivity index (χ1n) is 7.73. The molecule has 0 aromatic heterocycles. The number of hydrogen-bond donors (Lipinski definition) is 1. The van der Waals surface area contributed by atoms with Crippen molar-refractivity contribution >= 4 is 12.1 Å². The highest BCUT2D eigenvalue weighted by Gasteiger charge is 2.41. The van der Waals surface area contributed by atoms with Crippen molar-refractivity contribution in [2.45, 2.75) is 45.3 Å². The number of carbonyl (C=O) groups excluding carboxylic acids is 1. The Balaban J connectivity index is 2.10. The van der Waals surface area contributed by atoms with E-state index in [0.717, 1.165) is 12.1 Å². The summed E-state index contributed by atoms with van der Waals surface area (Å²) in [6.45, 7) is 5.31. The minimum Gasteiger partial charge on any atom is -0.480 e. The third-order valence-corrected chi connectivity index (χ3v) is 3.81. The summed E-state index contributed by atoms with van der Waals surface area (Å²) >= 11 is 0. The lowest BCUT2D eigenvalue weighted by Crippen LogP contribution is -2.43. The lowest BCUT2D eigenvalue weighted by atomic mass is 9.96. The molecule has 1 fully saturated rings. The van der Waals surface area contributed by atoms with Crippen molar-refractivity contribution in [1.82, 2.24) is 4.90 Å². The van der Waals surface area contributed by atoms with E-state index in [1.54, 1.807) is 20.8 Å². The number of hydrogen-bond acceptors (Lipinski definition) is 3. The Labute approximate surface area is 139 Å². The number of halogens is 2. The number of amides is 1. The number of nitrogens with zero attached hydrogens (tertiary/aromatic N) is 1. The Morgan fingerprint density at radius 1 is 1.29 bits per heavy atom. The molecule has 1 aliphatic rings. The fourth-order valence-corrected chi connectivity index (χ4v) is 2.83. The van der Waals surface area contributed by atoms with Gasteiger partial charge in [-0.3, -0.25) is 4.90 Å². The third-order valence-electron chi connectivity index (χ3n) is 3.81. The van der Waals surface area contributed by atoms with Gasteiger partial charge in [-0.05, 0) is 57.2 Å². The number of benzene rings is 1. The van der Waals surface area contributed by atoms with Crippen LogP contribution in [-0.4, -0.2) is 40.3 Å². The van der Waals surface area contributed by atoms with E-state index in [4.69, 9.17) is 4.74 Å². The maximum atomic E-state index is 13.3. The summed E-state index contributed by atoms with van der Waals surface area (Å²) in [7, 11) is 0. The molecule has 0 spiro atoms. The number of ether oxygens (including phenoxy) is 1. The molecule has 24 heavy (non-hydrogen) atoms. The van der Waals surface area contributed by atoms with Gasteiger partial charge in [0, 0.05) is 6.54 Å². The van der Waals surface area contributed by atoms with E-state index in [9.17, 15) is 23.5 Å². The highest BCUT2D eigenvalue weighted by Crippen LogP contribution is 2.28. The average molecular weight is 341 g/mol. The fourth-order valence-electron chi connectivity index (χ4n) is 2.83. The minimum atomic E-state index is -1.10. The van der Waals surface area contributed by atoms with Gasteiger partial charge in [-0.1, -0.05) is 6.07 Å². The van der Waals surface area contributed by atoms with E-state index in [0.29, 0.717) is 12.0 Å². The molecule has 1 aliphatic heterocycles. The molecule has 0 bridgehead atoms. The number of likely N-dealkylation sites (tertiary alicyclic amines) is 1. The van der Waals surface area contributed by atoms with Crippen LogP contribution < -0.4 is 0 Å². The summed E-state index contributed by atoms with van der Waals surface area (Å²) in [6.07, 6.45) is -0.0731. The van der Waals surface area contributed by atoms with Crippen LogP contribution in [0.1, 0.15) is 32.8 Å². The Hall–Kier alpha value is -2.18. The monoisotopic (exact) mass is 341 g/mol. The van der Waals surface area contributed by atoms with Crippen LogP contribution in [0.5, 0.6) is 0 Å². The third kappa shape index (κ3) is 4.43. The van der Waals surface area contributed by atoms with Crippen molar-refractivity contribution in [3.63, 3.8) is 0 Å². The van der Waals surface area contributed by atoms with Gasteiger partial charge in [0.25, 0.3) is 0 Å². The highest BCUT2D eigenvalue weighted by atomic mass is 19.2. The van der Waals surface area contributed by atoms with Crippen molar-refractivity contribution in [1.29, 1.82) is 0 Å². The van der Waals surface area contributed by atoms with Crippen LogP contribution >= 0.6 is 0 Å². The molecule has 0 aliphatic carbocycles. The van der Waals surface area contributed by atoms with Crippen LogP contribution in [0, 0.1) is 17.6 Å². The maximum Gasteiger partial charge on any atom is 0.411 e. The molecular weight excluding hydrogens is 320 g/mol. The molecule has 1 heterocycles. The molecule has 0 unspecified atom stereocenters. The second-order valence-electron chi connectivity index (χ2n) is 7.04. The van der Waals surface area contributed by atoms with Gasteiger partial charge in [-0.2, -0.15) is 0 Å². The normalized spacial score (nSPS) is 21.0. The first-order chi connectivity index (χ1) is 11.1. The molecule has 5 nitrogen and oxygen atoms in total. The smallest absolute Gasteiger partial charge is 0.411 e. The number of carboxylic acid groups (broad SMARTS) is 1. The van der Waals surface area contributed by atoms with E-state index in [1.165, 1.54) is 11.0 Å². The van der Waals surface area contributed by atoms with Crippen LogP contribution in [0.3, 0.4) is 0 Å². The molecule has 0 saturated carbocycles. The molecule has 2 atom stereocenters. The predicted octanol–water partition coefficient (Wildman–Crippen LogP) is 3.22.